The van der Waals surface area contributed by atoms with E-state index in [-0.39, 0.29) is 23.1 Å². The van der Waals surface area contributed by atoms with Crippen molar-refractivity contribution >= 4 is 10.0 Å². The number of piperidine rings is 1. The molecule has 4 rings (SSSR count). The molecule has 0 unspecified atom stereocenters. The largest absolute Gasteiger partial charge is 0.497 e. The van der Waals surface area contributed by atoms with Crippen LogP contribution in [0.4, 0.5) is 0 Å². The average molecular weight is 403 g/mol. The molecule has 0 radical (unpaired) electrons. The van der Waals surface area contributed by atoms with Crippen molar-refractivity contribution in [3.8, 4) is 16.9 Å². The summed E-state index contributed by atoms with van der Waals surface area (Å²) >= 11 is 0. The van der Waals surface area contributed by atoms with E-state index in [1.54, 1.807) is 17.5 Å². The van der Waals surface area contributed by atoms with Crippen molar-refractivity contribution in [3.05, 3.63) is 52.4 Å². The predicted molar refractivity (Wildman–Crippen MR) is 109 cm³/mol. The Morgan fingerprint density at radius 3 is 2.50 bits per heavy atom. The lowest BCUT2D eigenvalue weighted by atomic mass is 9.81. The van der Waals surface area contributed by atoms with Gasteiger partial charge in [-0.3, -0.25) is 4.79 Å². The second-order valence-electron chi connectivity index (χ2n) is 7.74. The minimum atomic E-state index is -3.25. The van der Waals surface area contributed by atoms with Gasteiger partial charge >= 0.3 is 0 Å². The fourth-order valence-corrected chi connectivity index (χ4v) is 6.22. The minimum absolute atomic E-state index is 0.00757. The van der Waals surface area contributed by atoms with Crippen molar-refractivity contribution in [3.63, 3.8) is 0 Å². The van der Waals surface area contributed by atoms with Crippen LogP contribution in [0.1, 0.15) is 31.4 Å². The molecule has 0 saturated carbocycles. The number of aromatic nitrogens is 1. The molecule has 150 valence electrons. The molecule has 0 amide bonds. The van der Waals surface area contributed by atoms with Crippen molar-refractivity contribution in [1.29, 1.82) is 0 Å². The number of nitrogens with zero attached hydrogens (tertiary/aromatic N) is 2. The molecule has 1 aromatic carbocycles. The van der Waals surface area contributed by atoms with Crippen molar-refractivity contribution in [2.75, 3.05) is 26.0 Å². The van der Waals surface area contributed by atoms with Crippen LogP contribution in [0.25, 0.3) is 11.1 Å². The van der Waals surface area contributed by atoms with Crippen molar-refractivity contribution in [2.24, 2.45) is 5.92 Å². The van der Waals surface area contributed by atoms with E-state index < -0.39 is 10.0 Å². The number of methoxy groups -OCH3 is 1. The lowest BCUT2D eigenvalue weighted by molar-refractivity contribution is 0.187. The molecule has 2 aromatic rings. The van der Waals surface area contributed by atoms with Crippen LogP contribution < -0.4 is 10.3 Å². The summed E-state index contributed by atoms with van der Waals surface area (Å²) in [5.41, 5.74) is 2.97. The van der Waals surface area contributed by atoms with Crippen LogP contribution in [0, 0.1) is 5.92 Å². The molecule has 3 heterocycles. The van der Waals surface area contributed by atoms with Gasteiger partial charge in [0.15, 0.2) is 0 Å². The lowest BCUT2D eigenvalue weighted by Gasteiger charge is -2.43. The monoisotopic (exact) mass is 402 g/mol. The maximum absolute atomic E-state index is 12.7. The first-order valence-corrected chi connectivity index (χ1v) is 11.4. The highest BCUT2D eigenvalue weighted by Gasteiger charge is 2.39. The second-order valence-corrected chi connectivity index (χ2v) is 9.83. The first-order valence-electron chi connectivity index (χ1n) is 9.79. The summed E-state index contributed by atoms with van der Waals surface area (Å²) in [5, 5.41) is 0. The first kappa shape index (κ1) is 19.2. The predicted octanol–water partition coefficient (Wildman–Crippen LogP) is 2.68. The van der Waals surface area contributed by atoms with E-state index in [9.17, 15) is 13.2 Å². The number of hydrogen-bond acceptors (Lipinski definition) is 4. The first-order chi connectivity index (χ1) is 13.4. The van der Waals surface area contributed by atoms with E-state index in [1.165, 1.54) is 0 Å². The highest BCUT2D eigenvalue weighted by molar-refractivity contribution is 7.89. The van der Waals surface area contributed by atoms with Gasteiger partial charge in [-0.1, -0.05) is 19.1 Å². The highest BCUT2D eigenvalue weighted by Crippen LogP contribution is 2.40. The van der Waals surface area contributed by atoms with Crippen LogP contribution in [0.2, 0.25) is 0 Å². The number of hydrogen-bond donors (Lipinski definition) is 0. The Kier molecular flexibility index (Phi) is 5.05. The molecule has 0 spiro atoms. The van der Waals surface area contributed by atoms with Crippen LogP contribution in [-0.4, -0.2) is 43.2 Å². The molecule has 2 bridgehead atoms. The van der Waals surface area contributed by atoms with Gasteiger partial charge in [0.05, 0.1) is 12.9 Å². The van der Waals surface area contributed by atoms with Crippen LogP contribution >= 0.6 is 0 Å². The summed E-state index contributed by atoms with van der Waals surface area (Å²) in [6.07, 6.45) is 1.53. The van der Waals surface area contributed by atoms with Crippen LogP contribution in [0.15, 0.2) is 41.2 Å². The van der Waals surface area contributed by atoms with Crippen molar-refractivity contribution in [2.45, 2.75) is 32.2 Å². The summed E-state index contributed by atoms with van der Waals surface area (Å²) in [6, 6.07) is 11.3. The summed E-state index contributed by atoms with van der Waals surface area (Å²) in [4.78, 5) is 12.6. The van der Waals surface area contributed by atoms with E-state index in [0.717, 1.165) is 29.0 Å². The molecule has 6 nitrogen and oxygen atoms in total. The standard InChI is InChI=1S/C21H26N2O4S/c1-3-10-28(25,26)22-12-15-11-17(14-22)21-19(8-9-20(24)23(21)13-15)16-4-6-18(27-2)7-5-16/h4-9,15,17H,3,10-14H2,1-2H3/t15-,17-/m1/s1. The second kappa shape index (κ2) is 7.37. The van der Waals surface area contributed by atoms with Crippen LogP contribution in [0.5, 0.6) is 5.75 Å². The maximum Gasteiger partial charge on any atom is 0.250 e. The molecule has 2 aliphatic rings. The number of ether oxygens (including phenoxy) is 1. The summed E-state index contributed by atoms with van der Waals surface area (Å²) in [6.45, 7) is 3.43. The van der Waals surface area contributed by atoms with Gasteiger partial charge in [0.2, 0.25) is 10.0 Å². The van der Waals surface area contributed by atoms with Crippen LogP contribution in [-0.2, 0) is 16.6 Å². The summed E-state index contributed by atoms with van der Waals surface area (Å²) in [7, 11) is -1.61. The Balaban J connectivity index is 1.77. The topological polar surface area (TPSA) is 68.6 Å². The highest BCUT2D eigenvalue weighted by atomic mass is 32.2. The molecule has 2 aliphatic heterocycles. The van der Waals surface area contributed by atoms with Gasteiger partial charge in [0, 0.05) is 42.9 Å². The Bertz CT molecular complexity index is 1030. The molecule has 0 aliphatic carbocycles. The number of rotatable bonds is 5. The van der Waals surface area contributed by atoms with Gasteiger partial charge in [0.25, 0.3) is 5.56 Å². The third-order valence-electron chi connectivity index (χ3n) is 5.81. The molecule has 28 heavy (non-hydrogen) atoms. The van der Waals surface area contributed by atoms with Crippen molar-refractivity contribution in [1.82, 2.24) is 8.87 Å². The van der Waals surface area contributed by atoms with E-state index >= 15 is 0 Å². The zero-order valence-corrected chi connectivity index (χ0v) is 17.1. The SMILES string of the molecule is CCCS(=O)(=O)N1C[C@H]2C[C@H](C1)c1c(-c3ccc(OC)cc3)ccc(=O)n1C2. The van der Waals surface area contributed by atoms with Gasteiger partial charge in [-0.15, -0.1) is 0 Å². The molecule has 2 atom stereocenters. The number of benzene rings is 1. The van der Waals surface area contributed by atoms with Gasteiger partial charge in [-0.2, -0.15) is 0 Å². The molecule has 1 aromatic heterocycles. The zero-order valence-electron chi connectivity index (χ0n) is 16.3. The quantitative estimate of drug-likeness (QED) is 0.771. The molecular formula is C21H26N2O4S. The molecule has 1 saturated heterocycles. The van der Waals surface area contributed by atoms with Crippen LogP contribution in [0.3, 0.4) is 0 Å². The summed E-state index contributed by atoms with van der Waals surface area (Å²) < 4.78 is 34.1. The van der Waals surface area contributed by atoms with Gasteiger partial charge in [0.1, 0.15) is 5.75 Å². The number of fused-ring (bicyclic) bond motifs is 4. The maximum atomic E-state index is 12.7. The Labute approximate surface area is 165 Å². The van der Waals surface area contributed by atoms with Crippen molar-refractivity contribution < 1.29 is 13.2 Å². The lowest BCUT2D eigenvalue weighted by Crippen LogP contribution is -2.49. The molecule has 7 heteroatoms. The smallest absolute Gasteiger partial charge is 0.250 e. The Morgan fingerprint density at radius 2 is 1.82 bits per heavy atom. The number of sulfonamides is 1. The minimum Gasteiger partial charge on any atom is -0.497 e. The average Bonchev–Trinajstić information content (AvgIpc) is 2.69. The third-order valence-corrected chi connectivity index (χ3v) is 7.82. The number of pyridine rings is 1. The molecule has 0 N–H and O–H groups in total. The van der Waals surface area contributed by atoms with Gasteiger partial charge in [-0.25, -0.2) is 12.7 Å². The van der Waals surface area contributed by atoms with E-state index in [1.807, 2.05) is 41.8 Å². The zero-order chi connectivity index (χ0) is 19.9. The third kappa shape index (κ3) is 3.37. The van der Waals surface area contributed by atoms with E-state index in [2.05, 4.69) is 0 Å². The molecular weight excluding hydrogens is 376 g/mol. The van der Waals surface area contributed by atoms with E-state index in [4.69, 9.17) is 4.74 Å². The molecule has 1 fully saturated rings. The van der Waals surface area contributed by atoms with Gasteiger partial charge < -0.3 is 9.30 Å². The van der Waals surface area contributed by atoms with Gasteiger partial charge in [-0.05, 0) is 42.5 Å². The Morgan fingerprint density at radius 1 is 1.07 bits per heavy atom. The fraction of sp³-hybridized carbons (Fsp3) is 0.476. The fourth-order valence-electron chi connectivity index (χ4n) is 4.60. The Hall–Kier alpha value is -2.12. The normalized spacial score (nSPS) is 21.9. The van der Waals surface area contributed by atoms with E-state index in [0.29, 0.717) is 26.1 Å². The summed E-state index contributed by atoms with van der Waals surface area (Å²) in [5.74, 6) is 1.17.